The molecule has 1 aromatic carbocycles. The van der Waals surface area contributed by atoms with Gasteiger partial charge < -0.3 is 9.47 Å². The smallest absolute Gasteiger partial charge is 0.387 e. The predicted molar refractivity (Wildman–Crippen MR) is 58.0 cm³/mol. The van der Waals surface area contributed by atoms with Crippen molar-refractivity contribution in [2.75, 3.05) is 0 Å². The van der Waals surface area contributed by atoms with Crippen LogP contribution < -0.4 is 4.74 Å². The second kappa shape index (κ2) is 6.18. The van der Waals surface area contributed by atoms with Crippen LogP contribution in [0.25, 0.3) is 0 Å². The first-order chi connectivity index (χ1) is 7.97. The number of alkyl halides is 2. The third-order valence-electron chi connectivity index (χ3n) is 1.86. The summed E-state index contributed by atoms with van der Waals surface area (Å²) in [5.41, 5.74) is 0.692. The number of carbonyl (C=O) groups excluding carboxylic acids is 1. The number of hydrogen-bond donors (Lipinski definition) is 0. The Morgan fingerprint density at radius 1 is 1.24 bits per heavy atom. The van der Waals surface area contributed by atoms with E-state index in [0.717, 1.165) is 0 Å². The zero-order valence-corrected chi connectivity index (χ0v) is 9.65. The third kappa shape index (κ3) is 5.29. The van der Waals surface area contributed by atoms with Crippen molar-refractivity contribution in [3.05, 3.63) is 29.8 Å². The molecule has 0 heterocycles. The van der Waals surface area contributed by atoms with Gasteiger partial charge >= 0.3 is 12.6 Å². The summed E-state index contributed by atoms with van der Waals surface area (Å²) >= 11 is 0. The minimum absolute atomic E-state index is 0.0703. The minimum atomic E-state index is -2.84. The molecular formula is C12H14F2O3. The lowest BCUT2D eigenvalue weighted by atomic mass is 10.1. The fourth-order valence-electron chi connectivity index (χ4n) is 1.26. The number of halogens is 2. The average Bonchev–Trinajstić information content (AvgIpc) is 2.18. The number of esters is 1. The van der Waals surface area contributed by atoms with Crippen LogP contribution in [0.5, 0.6) is 5.75 Å². The summed E-state index contributed by atoms with van der Waals surface area (Å²) in [7, 11) is 0. The van der Waals surface area contributed by atoms with Gasteiger partial charge in [0.15, 0.2) is 0 Å². The second-order valence-corrected chi connectivity index (χ2v) is 3.74. The van der Waals surface area contributed by atoms with Crippen LogP contribution in [0.3, 0.4) is 0 Å². The van der Waals surface area contributed by atoms with E-state index in [0.29, 0.717) is 5.56 Å². The van der Waals surface area contributed by atoms with Crippen LogP contribution in [0, 0.1) is 0 Å². The van der Waals surface area contributed by atoms with Crippen LogP contribution in [0.1, 0.15) is 19.4 Å². The van der Waals surface area contributed by atoms with Gasteiger partial charge in [-0.15, -0.1) is 0 Å². The fraction of sp³-hybridized carbons (Fsp3) is 0.417. The standard InChI is InChI=1S/C12H14F2O3/c1-8(2)16-11(15)7-9-3-5-10(6-4-9)17-12(13)14/h3-6,8,12H,7H2,1-2H3. The minimum Gasteiger partial charge on any atom is -0.463 e. The molecule has 0 aliphatic carbocycles. The Morgan fingerprint density at radius 2 is 1.82 bits per heavy atom. The van der Waals surface area contributed by atoms with Crippen molar-refractivity contribution in [3.8, 4) is 5.75 Å². The Labute approximate surface area is 98.3 Å². The summed E-state index contributed by atoms with van der Waals surface area (Å²) in [6.45, 7) is 0.682. The molecule has 0 saturated heterocycles. The molecule has 0 aliphatic rings. The first kappa shape index (κ1) is 13.4. The highest BCUT2D eigenvalue weighted by Gasteiger charge is 2.08. The van der Waals surface area contributed by atoms with Crippen LogP contribution >= 0.6 is 0 Å². The maximum atomic E-state index is 11.9. The molecule has 0 amide bonds. The summed E-state index contributed by atoms with van der Waals surface area (Å²) in [4.78, 5) is 11.3. The first-order valence-electron chi connectivity index (χ1n) is 5.20. The number of carbonyl (C=O) groups is 1. The van der Waals surface area contributed by atoms with E-state index in [-0.39, 0.29) is 24.2 Å². The maximum Gasteiger partial charge on any atom is 0.387 e. The molecule has 1 aromatic rings. The molecular weight excluding hydrogens is 230 g/mol. The van der Waals surface area contributed by atoms with Crippen LogP contribution in [0.2, 0.25) is 0 Å². The molecule has 0 N–H and O–H groups in total. The molecule has 0 aliphatic heterocycles. The molecule has 0 unspecified atom stereocenters. The van der Waals surface area contributed by atoms with E-state index >= 15 is 0 Å². The Hall–Kier alpha value is -1.65. The van der Waals surface area contributed by atoms with Gasteiger partial charge in [0, 0.05) is 0 Å². The summed E-state index contributed by atoms with van der Waals surface area (Å²) in [5.74, 6) is -0.275. The highest BCUT2D eigenvalue weighted by Crippen LogP contribution is 2.15. The van der Waals surface area contributed by atoms with Gasteiger partial charge in [0.25, 0.3) is 0 Å². The van der Waals surface area contributed by atoms with Gasteiger partial charge in [-0.1, -0.05) is 12.1 Å². The summed E-state index contributed by atoms with van der Waals surface area (Å²) in [5, 5.41) is 0. The van der Waals surface area contributed by atoms with Gasteiger partial charge in [-0.3, -0.25) is 4.79 Å². The van der Waals surface area contributed by atoms with E-state index in [4.69, 9.17) is 4.74 Å². The lowest BCUT2D eigenvalue weighted by Gasteiger charge is -2.08. The van der Waals surface area contributed by atoms with E-state index in [1.807, 2.05) is 0 Å². The molecule has 0 atom stereocenters. The number of rotatable bonds is 5. The van der Waals surface area contributed by atoms with Gasteiger partial charge in [0.1, 0.15) is 5.75 Å². The Morgan fingerprint density at radius 3 is 2.29 bits per heavy atom. The van der Waals surface area contributed by atoms with E-state index in [1.165, 1.54) is 12.1 Å². The molecule has 0 aromatic heterocycles. The Kier molecular flexibility index (Phi) is 4.87. The lowest BCUT2D eigenvalue weighted by Crippen LogP contribution is -2.13. The quantitative estimate of drug-likeness (QED) is 0.747. The van der Waals surface area contributed by atoms with Gasteiger partial charge in [-0.2, -0.15) is 8.78 Å². The third-order valence-corrected chi connectivity index (χ3v) is 1.86. The van der Waals surface area contributed by atoms with Crippen molar-refractivity contribution in [1.29, 1.82) is 0 Å². The second-order valence-electron chi connectivity index (χ2n) is 3.74. The summed E-state index contributed by atoms with van der Waals surface area (Å²) in [6, 6.07) is 5.90. The van der Waals surface area contributed by atoms with Crippen LogP contribution in [0.15, 0.2) is 24.3 Å². The van der Waals surface area contributed by atoms with Crippen molar-refractivity contribution < 1.29 is 23.0 Å². The van der Waals surface area contributed by atoms with Crippen molar-refractivity contribution in [3.63, 3.8) is 0 Å². The van der Waals surface area contributed by atoms with E-state index in [9.17, 15) is 13.6 Å². The molecule has 0 radical (unpaired) electrons. The van der Waals surface area contributed by atoms with Gasteiger partial charge in [0.05, 0.1) is 12.5 Å². The highest BCUT2D eigenvalue weighted by atomic mass is 19.3. The Balaban J connectivity index is 2.53. The number of hydrogen-bond acceptors (Lipinski definition) is 3. The monoisotopic (exact) mass is 244 g/mol. The summed E-state index contributed by atoms with van der Waals surface area (Å²) in [6.07, 6.45) is -0.0448. The lowest BCUT2D eigenvalue weighted by molar-refractivity contribution is -0.146. The normalized spacial score (nSPS) is 10.7. The van der Waals surface area contributed by atoms with E-state index < -0.39 is 6.61 Å². The SMILES string of the molecule is CC(C)OC(=O)Cc1ccc(OC(F)F)cc1. The molecule has 0 fully saturated rings. The van der Waals surface area contributed by atoms with Crippen LogP contribution in [0.4, 0.5) is 8.78 Å². The fourth-order valence-corrected chi connectivity index (χ4v) is 1.26. The largest absolute Gasteiger partial charge is 0.463 e. The zero-order valence-electron chi connectivity index (χ0n) is 9.65. The maximum absolute atomic E-state index is 11.9. The van der Waals surface area contributed by atoms with Crippen molar-refractivity contribution >= 4 is 5.97 Å². The van der Waals surface area contributed by atoms with Gasteiger partial charge in [-0.05, 0) is 31.5 Å². The predicted octanol–water partition coefficient (Wildman–Crippen LogP) is 2.78. The Bertz CT molecular complexity index is 361. The zero-order chi connectivity index (χ0) is 12.8. The number of benzene rings is 1. The molecule has 0 saturated carbocycles. The molecule has 5 heteroatoms. The topological polar surface area (TPSA) is 35.5 Å². The molecule has 1 rings (SSSR count). The van der Waals surface area contributed by atoms with E-state index in [1.54, 1.807) is 26.0 Å². The molecule has 3 nitrogen and oxygen atoms in total. The van der Waals surface area contributed by atoms with Gasteiger partial charge in [0.2, 0.25) is 0 Å². The average molecular weight is 244 g/mol. The van der Waals surface area contributed by atoms with Gasteiger partial charge in [-0.25, -0.2) is 0 Å². The highest BCUT2D eigenvalue weighted by molar-refractivity contribution is 5.72. The molecule has 17 heavy (non-hydrogen) atoms. The molecule has 0 spiro atoms. The number of ether oxygens (including phenoxy) is 2. The van der Waals surface area contributed by atoms with Crippen LogP contribution in [-0.4, -0.2) is 18.7 Å². The van der Waals surface area contributed by atoms with Crippen molar-refractivity contribution in [2.45, 2.75) is 33.0 Å². The van der Waals surface area contributed by atoms with E-state index in [2.05, 4.69) is 4.74 Å². The summed E-state index contributed by atoms with van der Waals surface area (Å²) < 4.78 is 32.9. The van der Waals surface area contributed by atoms with Crippen molar-refractivity contribution in [1.82, 2.24) is 0 Å². The van der Waals surface area contributed by atoms with Crippen molar-refractivity contribution in [2.24, 2.45) is 0 Å². The molecule has 94 valence electrons. The molecule has 0 bridgehead atoms. The van der Waals surface area contributed by atoms with Crippen LogP contribution in [-0.2, 0) is 16.0 Å². The first-order valence-corrected chi connectivity index (χ1v) is 5.20.